The van der Waals surface area contributed by atoms with Crippen LogP contribution in [-0.4, -0.2) is 40.9 Å². The molecule has 0 unspecified atom stereocenters. The smallest absolute Gasteiger partial charge is 0.272 e. The van der Waals surface area contributed by atoms with Crippen molar-refractivity contribution in [2.75, 3.05) is 26.3 Å². The summed E-state index contributed by atoms with van der Waals surface area (Å²) in [7, 11) is 0. The van der Waals surface area contributed by atoms with Crippen LogP contribution in [0.5, 0.6) is 0 Å². The lowest BCUT2D eigenvalue weighted by Crippen LogP contribution is -2.28. The first-order valence-electron chi connectivity index (χ1n) is 8.22. The second kappa shape index (κ2) is 5.85. The molecule has 0 aliphatic carbocycles. The van der Waals surface area contributed by atoms with Gasteiger partial charge in [-0.15, -0.1) is 0 Å². The van der Waals surface area contributed by atoms with Gasteiger partial charge in [0, 0.05) is 42.9 Å². The molecule has 0 saturated carbocycles. The molecule has 0 aromatic carbocycles. The Kier molecular flexibility index (Phi) is 3.72. The Morgan fingerprint density at radius 1 is 1.09 bits per heavy atom. The second-order valence-electron chi connectivity index (χ2n) is 6.34. The van der Waals surface area contributed by atoms with E-state index in [1.165, 1.54) is 0 Å². The Bertz CT molecular complexity index is 708. The largest absolute Gasteiger partial charge is 0.381 e. The predicted molar refractivity (Wildman–Crippen MR) is 83.5 cm³/mol. The zero-order valence-electron chi connectivity index (χ0n) is 12.7. The molecule has 4 heterocycles. The van der Waals surface area contributed by atoms with Crippen LogP contribution in [-0.2, 0) is 4.74 Å². The standard InChI is InChI=1S/C16H22N4O2/c21-16-10-13(11-1-5-17-6-2-11)18-15-9-14(19-20(15)16)12-3-7-22-8-4-12/h9-12,17,19H,1-8H2. The molecule has 2 aliphatic rings. The SMILES string of the molecule is O=c1cc(C2CCNCC2)nc2cc(C3CCOCC3)[nH]n12. The summed E-state index contributed by atoms with van der Waals surface area (Å²) in [6, 6.07) is 3.75. The molecule has 2 aromatic rings. The predicted octanol–water partition coefficient (Wildman–Crippen LogP) is 1.38. The number of hydrogen-bond donors (Lipinski definition) is 2. The van der Waals surface area contributed by atoms with Crippen molar-refractivity contribution >= 4 is 5.65 Å². The van der Waals surface area contributed by atoms with Gasteiger partial charge < -0.3 is 10.1 Å². The van der Waals surface area contributed by atoms with Gasteiger partial charge in [-0.25, -0.2) is 9.50 Å². The number of nitrogens with zero attached hydrogens (tertiary/aromatic N) is 2. The van der Waals surface area contributed by atoms with E-state index in [9.17, 15) is 4.79 Å². The molecule has 6 heteroatoms. The van der Waals surface area contributed by atoms with Crippen LogP contribution >= 0.6 is 0 Å². The second-order valence-corrected chi connectivity index (χ2v) is 6.34. The molecule has 0 atom stereocenters. The van der Waals surface area contributed by atoms with Crippen molar-refractivity contribution in [3.63, 3.8) is 0 Å². The first-order valence-corrected chi connectivity index (χ1v) is 8.22. The Morgan fingerprint density at radius 3 is 2.64 bits per heavy atom. The Balaban J connectivity index is 1.69. The molecule has 6 nitrogen and oxygen atoms in total. The third-order valence-electron chi connectivity index (χ3n) is 4.91. The molecule has 4 rings (SSSR count). The van der Waals surface area contributed by atoms with E-state index in [4.69, 9.17) is 9.72 Å². The summed E-state index contributed by atoms with van der Waals surface area (Å²) in [6.07, 6.45) is 4.12. The monoisotopic (exact) mass is 302 g/mol. The molecule has 0 amide bonds. The normalized spacial score (nSPS) is 21.5. The van der Waals surface area contributed by atoms with Gasteiger partial charge in [0.15, 0.2) is 5.65 Å². The van der Waals surface area contributed by atoms with Gasteiger partial charge in [-0.1, -0.05) is 0 Å². The Labute approximate surface area is 128 Å². The van der Waals surface area contributed by atoms with Crippen LogP contribution in [0.4, 0.5) is 0 Å². The number of piperidine rings is 1. The molecule has 0 radical (unpaired) electrons. The molecular weight excluding hydrogens is 280 g/mol. The molecule has 2 saturated heterocycles. The van der Waals surface area contributed by atoms with E-state index in [1.807, 2.05) is 6.07 Å². The third-order valence-corrected chi connectivity index (χ3v) is 4.91. The fourth-order valence-electron chi connectivity index (χ4n) is 3.57. The van der Waals surface area contributed by atoms with E-state index < -0.39 is 0 Å². The molecule has 2 N–H and O–H groups in total. The fourth-order valence-corrected chi connectivity index (χ4v) is 3.57. The quantitative estimate of drug-likeness (QED) is 0.879. The topological polar surface area (TPSA) is 71.4 Å². The van der Waals surface area contributed by atoms with Gasteiger partial charge >= 0.3 is 0 Å². The average Bonchev–Trinajstić information content (AvgIpc) is 3.01. The van der Waals surface area contributed by atoms with E-state index in [2.05, 4.69) is 10.4 Å². The van der Waals surface area contributed by atoms with Crippen LogP contribution in [0, 0.1) is 0 Å². The highest BCUT2D eigenvalue weighted by atomic mass is 16.5. The molecule has 118 valence electrons. The first-order chi connectivity index (χ1) is 10.8. The van der Waals surface area contributed by atoms with Crippen molar-refractivity contribution in [2.24, 2.45) is 0 Å². The maximum Gasteiger partial charge on any atom is 0.272 e. The van der Waals surface area contributed by atoms with Gasteiger partial charge in [0.2, 0.25) is 0 Å². The minimum atomic E-state index is -0.00292. The van der Waals surface area contributed by atoms with Crippen molar-refractivity contribution < 1.29 is 4.74 Å². The summed E-state index contributed by atoms with van der Waals surface area (Å²) in [6.45, 7) is 3.60. The van der Waals surface area contributed by atoms with Crippen molar-refractivity contribution in [1.82, 2.24) is 19.9 Å². The fraction of sp³-hybridized carbons (Fsp3) is 0.625. The molecule has 0 bridgehead atoms. The minimum Gasteiger partial charge on any atom is -0.381 e. The summed E-state index contributed by atoms with van der Waals surface area (Å²) in [5, 5.41) is 6.59. The highest BCUT2D eigenvalue weighted by Crippen LogP contribution is 2.27. The lowest BCUT2D eigenvalue weighted by Gasteiger charge is -2.21. The summed E-state index contributed by atoms with van der Waals surface area (Å²) >= 11 is 0. The highest BCUT2D eigenvalue weighted by Gasteiger charge is 2.21. The zero-order valence-corrected chi connectivity index (χ0v) is 12.7. The van der Waals surface area contributed by atoms with Gasteiger partial charge in [0.25, 0.3) is 5.56 Å². The lowest BCUT2D eigenvalue weighted by atomic mass is 9.94. The lowest BCUT2D eigenvalue weighted by molar-refractivity contribution is 0.0844. The van der Waals surface area contributed by atoms with Gasteiger partial charge in [0.1, 0.15) is 0 Å². The number of nitrogens with one attached hydrogen (secondary N) is 2. The average molecular weight is 302 g/mol. The Morgan fingerprint density at radius 2 is 1.86 bits per heavy atom. The van der Waals surface area contributed by atoms with E-state index >= 15 is 0 Å². The van der Waals surface area contributed by atoms with Crippen molar-refractivity contribution in [3.05, 3.63) is 33.9 Å². The highest BCUT2D eigenvalue weighted by molar-refractivity contribution is 5.41. The van der Waals surface area contributed by atoms with Crippen LogP contribution in [0.25, 0.3) is 5.65 Å². The van der Waals surface area contributed by atoms with Crippen molar-refractivity contribution in [3.8, 4) is 0 Å². The molecule has 2 fully saturated rings. The van der Waals surface area contributed by atoms with Gasteiger partial charge in [-0.3, -0.25) is 9.89 Å². The molecule has 2 aliphatic heterocycles. The van der Waals surface area contributed by atoms with Crippen molar-refractivity contribution in [1.29, 1.82) is 0 Å². The molecule has 2 aromatic heterocycles. The summed E-state index contributed by atoms with van der Waals surface area (Å²) in [5.74, 6) is 0.845. The molecule has 22 heavy (non-hydrogen) atoms. The van der Waals surface area contributed by atoms with Gasteiger partial charge in [-0.2, -0.15) is 0 Å². The third kappa shape index (κ3) is 2.57. The van der Waals surface area contributed by atoms with Crippen molar-refractivity contribution in [2.45, 2.75) is 37.5 Å². The zero-order chi connectivity index (χ0) is 14.9. The summed E-state index contributed by atoms with van der Waals surface area (Å²) < 4.78 is 6.99. The maximum absolute atomic E-state index is 12.4. The number of aromatic nitrogens is 3. The van der Waals surface area contributed by atoms with E-state index in [0.717, 1.165) is 69.0 Å². The molecule has 0 spiro atoms. The molecular formula is C16H22N4O2. The summed E-state index contributed by atoms with van der Waals surface area (Å²) in [4.78, 5) is 17.1. The summed E-state index contributed by atoms with van der Waals surface area (Å²) in [5.41, 5.74) is 2.80. The first kappa shape index (κ1) is 14.0. The van der Waals surface area contributed by atoms with Crippen LogP contribution < -0.4 is 10.9 Å². The van der Waals surface area contributed by atoms with Gasteiger partial charge in [0.05, 0.1) is 5.69 Å². The number of rotatable bonds is 2. The number of H-pyrrole nitrogens is 1. The van der Waals surface area contributed by atoms with Crippen LogP contribution in [0.2, 0.25) is 0 Å². The number of fused-ring (bicyclic) bond motifs is 1. The van der Waals surface area contributed by atoms with E-state index in [0.29, 0.717) is 11.8 Å². The van der Waals surface area contributed by atoms with E-state index in [1.54, 1.807) is 10.6 Å². The van der Waals surface area contributed by atoms with Gasteiger partial charge in [-0.05, 0) is 38.8 Å². The Hall–Kier alpha value is -1.66. The van der Waals surface area contributed by atoms with Crippen LogP contribution in [0.3, 0.4) is 0 Å². The minimum absolute atomic E-state index is 0.00292. The van der Waals surface area contributed by atoms with Crippen LogP contribution in [0.15, 0.2) is 16.9 Å². The number of hydrogen-bond acceptors (Lipinski definition) is 4. The number of ether oxygens (including phenoxy) is 1. The van der Waals surface area contributed by atoms with E-state index in [-0.39, 0.29) is 5.56 Å². The number of aromatic amines is 1. The maximum atomic E-state index is 12.4. The van der Waals surface area contributed by atoms with Crippen LogP contribution in [0.1, 0.15) is 48.9 Å².